The first kappa shape index (κ1) is 12.7. The van der Waals surface area contributed by atoms with Crippen LogP contribution in [-0.2, 0) is 0 Å². The van der Waals surface area contributed by atoms with Crippen molar-refractivity contribution < 1.29 is 4.79 Å². The Morgan fingerprint density at radius 3 is 2.64 bits per heavy atom. The summed E-state index contributed by atoms with van der Waals surface area (Å²) in [4.78, 5) is 14.2. The topological polar surface area (TPSA) is 20.3 Å². The maximum atomic E-state index is 11.8. The van der Waals surface area contributed by atoms with Crippen molar-refractivity contribution in [3.05, 3.63) is 19.2 Å². The molecule has 1 rings (SSSR count). The minimum Gasteiger partial charge on any atom is -0.340 e. The van der Waals surface area contributed by atoms with Gasteiger partial charge in [-0.05, 0) is 37.9 Å². The number of halogens is 3. The number of hydrogen-bond donors (Lipinski definition) is 0. The van der Waals surface area contributed by atoms with Gasteiger partial charge in [0, 0.05) is 23.4 Å². The summed E-state index contributed by atoms with van der Waals surface area (Å²) in [5.74, 6) is 0.0563. The molecule has 0 aliphatic rings. The highest BCUT2D eigenvalue weighted by atomic mass is 79.9. The number of thiophene rings is 1. The van der Waals surface area contributed by atoms with Gasteiger partial charge in [0.1, 0.15) is 0 Å². The largest absolute Gasteiger partial charge is 0.340 e. The smallest absolute Gasteiger partial charge is 0.263 e. The van der Waals surface area contributed by atoms with Crippen LogP contribution < -0.4 is 0 Å². The predicted octanol–water partition coefficient (Wildman–Crippen LogP) is 3.74. The summed E-state index contributed by atoms with van der Waals surface area (Å²) in [5, 5.41) is 0.795. The summed E-state index contributed by atoms with van der Waals surface area (Å²) in [6.45, 7) is 0.714. The number of nitrogens with zero attached hydrogens (tertiary/aromatic N) is 1. The monoisotopic (exact) mass is 403 g/mol. The number of carbonyl (C=O) groups is 1. The van der Waals surface area contributed by atoms with Crippen LogP contribution in [0.2, 0.25) is 0 Å². The number of alkyl halides is 1. The lowest BCUT2D eigenvalue weighted by Crippen LogP contribution is -2.27. The van der Waals surface area contributed by atoms with Gasteiger partial charge in [0.15, 0.2) is 0 Å². The van der Waals surface area contributed by atoms with Crippen LogP contribution in [-0.4, -0.2) is 29.7 Å². The molecule has 78 valence electrons. The van der Waals surface area contributed by atoms with Gasteiger partial charge in [0.2, 0.25) is 0 Å². The minimum absolute atomic E-state index is 0.0563. The molecule has 0 bridgehead atoms. The van der Waals surface area contributed by atoms with E-state index in [2.05, 4.69) is 47.8 Å². The van der Waals surface area contributed by atoms with Crippen molar-refractivity contribution in [2.45, 2.75) is 0 Å². The summed E-state index contributed by atoms with van der Waals surface area (Å²) >= 11 is 11.5. The molecule has 1 heterocycles. The summed E-state index contributed by atoms with van der Waals surface area (Å²) in [7, 11) is 1.80. The number of carbonyl (C=O) groups excluding carboxylic acids is 1. The average Bonchev–Trinajstić information content (AvgIpc) is 2.46. The van der Waals surface area contributed by atoms with E-state index < -0.39 is 0 Å². The van der Waals surface area contributed by atoms with Crippen LogP contribution in [0.1, 0.15) is 9.67 Å². The second kappa shape index (κ2) is 5.63. The van der Waals surface area contributed by atoms with Gasteiger partial charge < -0.3 is 4.90 Å². The van der Waals surface area contributed by atoms with Crippen molar-refractivity contribution in [2.24, 2.45) is 0 Å². The zero-order chi connectivity index (χ0) is 10.7. The second-order valence-corrected chi connectivity index (χ2v) is 6.67. The SMILES string of the molecule is CN(CCBr)C(=O)c1cc(Br)c(Br)s1. The van der Waals surface area contributed by atoms with Gasteiger partial charge in [-0.3, -0.25) is 4.79 Å². The van der Waals surface area contributed by atoms with E-state index >= 15 is 0 Å². The van der Waals surface area contributed by atoms with Crippen molar-refractivity contribution >= 4 is 65.0 Å². The Morgan fingerprint density at radius 1 is 1.57 bits per heavy atom. The molecule has 0 aliphatic heterocycles. The van der Waals surface area contributed by atoms with Gasteiger partial charge in [-0.15, -0.1) is 11.3 Å². The van der Waals surface area contributed by atoms with E-state index in [9.17, 15) is 4.79 Å². The Balaban J connectivity index is 2.79. The molecule has 6 heteroatoms. The van der Waals surface area contributed by atoms with E-state index in [1.54, 1.807) is 11.9 Å². The first-order chi connectivity index (χ1) is 6.56. The van der Waals surface area contributed by atoms with E-state index in [4.69, 9.17) is 0 Å². The van der Waals surface area contributed by atoms with Crippen LogP contribution in [0, 0.1) is 0 Å². The van der Waals surface area contributed by atoms with Crippen LogP contribution in [0.5, 0.6) is 0 Å². The molecule has 0 aromatic carbocycles. The molecule has 0 saturated heterocycles. The molecule has 1 amide bonds. The maximum absolute atomic E-state index is 11.8. The normalized spacial score (nSPS) is 10.3. The van der Waals surface area contributed by atoms with Gasteiger partial charge in [0.25, 0.3) is 5.91 Å². The summed E-state index contributed by atoms with van der Waals surface area (Å²) in [6.07, 6.45) is 0. The quantitative estimate of drug-likeness (QED) is 0.701. The Morgan fingerprint density at radius 2 is 2.21 bits per heavy atom. The summed E-state index contributed by atoms with van der Waals surface area (Å²) in [5.41, 5.74) is 0. The number of amides is 1. The van der Waals surface area contributed by atoms with E-state index in [0.29, 0.717) is 6.54 Å². The minimum atomic E-state index is 0.0563. The number of hydrogen-bond acceptors (Lipinski definition) is 2. The molecule has 2 nitrogen and oxygen atoms in total. The van der Waals surface area contributed by atoms with E-state index in [1.807, 2.05) is 6.07 Å². The van der Waals surface area contributed by atoms with Gasteiger partial charge >= 0.3 is 0 Å². The van der Waals surface area contributed by atoms with Crippen molar-refractivity contribution in [1.29, 1.82) is 0 Å². The summed E-state index contributed by atoms with van der Waals surface area (Å²) < 4.78 is 1.88. The molecule has 1 aromatic rings. The fourth-order valence-electron chi connectivity index (χ4n) is 0.868. The molecule has 0 radical (unpaired) electrons. The molecule has 0 aliphatic carbocycles. The van der Waals surface area contributed by atoms with Gasteiger partial charge in [-0.2, -0.15) is 0 Å². The van der Waals surface area contributed by atoms with Crippen molar-refractivity contribution in [3.63, 3.8) is 0 Å². The molecular formula is C8H8Br3NOS. The Hall–Kier alpha value is 0.610. The standard InChI is InChI=1S/C8H8Br3NOS/c1-12(3-2-9)8(13)6-4-5(10)7(11)14-6/h4H,2-3H2,1H3. The molecule has 0 unspecified atom stereocenters. The van der Waals surface area contributed by atoms with Crippen LogP contribution >= 0.6 is 59.1 Å². The van der Waals surface area contributed by atoms with Crippen LogP contribution in [0.3, 0.4) is 0 Å². The highest BCUT2D eigenvalue weighted by Gasteiger charge is 2.15. The fourth-order valence-corrected chi connectivity index (χ4v) is 3.43. The van der Waals surface area contributed by atoms with Crippen LogP contribution in [0.4, 0.5) is 0 Å². The highest BCUT2D eigenvalue weighted by Crippen LogP contribution is 2.32. The van der Waals surface area contributed by atoms with E-state index in [-0.39, 0.29) is 5.91 Å². The lowest BCUT2D eigenvalue weighted by Gasteiger charge is -2.13. The van der Waals surface area contributed by atoms with Gasteiger partial charge in [-0.1, -0.05) is 15.9 Å². The fraction of sp³-hybridized carbons (Fsp3) is 0.375. The van der Waals surface area contributed by atoms with Crippen molar-refractivity contribution in [2.75, 3.05) is 18.9 Å². The molecule has 0 fully saturated rings. The molecular weight excluding hydrogens is 398 g/mol. The van der Waals surface area contributed by atoms with Crippen LogP contribution in [0.25, 0.3) is 0 Å². The van der Waals surface area contributed by atoms with Gasteiger partial charge in [-0.25, -0.2) is 0 Å². The molecule has 0 N–H and O–H groups in total. The zero-order valence-corrected chi connectivity index (χ0v) is 13.0. The Kier molecular flexibility index (Phi) is 5.10. The van der Waals surface area contributed by atoms with Crippen molar-refractivity contribution in [1.82, 2.24) is 4.90 Å². The van der Waals surface area contributed by atoms with Crippen molar-refractivity contribution in [3.8, 4) is 0 Å². The third-order valence-corrected chi connectivity index (χ3v) is 5.22. The zero-order valence-electron chi connectivity index (χ0n) is 7.39. The van der Waals surface area contributed by atoms with Gasteiger partial charge in [0.05, 0.1) is 8.66 Å². The second-order valence-electron chi connectivity index (χ2n) is 2.65. The lowest BCUT2D eigenvalue weighted by atomic mass is 10.4. The van der Waals surface area contributed by atoms with E-state index in [1.165, 1.54) is 11.3 Å². The van der Waals surface area contributed by atoms with Crippen LogP contribution in [0.15, 0.2) is 14.3 Å². The highest BCUT2D eigenvalue weighted by molar-refractivity contribution is 9.13. The number of rotatable bonds is 3. The first-order valence-electron chi connectivity index (χ1n) is 3.82. The molecule has 0 spiro atoms. The predicted molar refractivity (Wildman–Crippen MR) is 70.5 cm³/mol. The third-order valence-electron chi connectivity index (χ3n) is 1.62. The molecule has 0 saturated carbocycles. The lowest BCUT2D eigenvalue weighted by molar-refractivity contribution is 0.0809. The Bertz CT molecular complexity index is 320. The van der Waals surface area contributed by atoms with E-state index in [0.717, 1.165) is 18.5 Å². The third kappa shape index (κ3) is 3.05. The first-order valence-corrected chi connectivity index (χ1v) is 7.35. The molecule has 1 aromatic heterocycles. The maximum Gasteiger partial charge on any atom is 0.263 e. The summed E-state index contributed by atoms with van der Waals surface area (Å²) in [6, 6.07) is 1.84. The average molecular weight is 406 g/mol. The Labute approximate surface area is 112 Å². The molecule has 0 atom stereocenters. The molecule has 14 heavy (non-hydrogen) atoms.